The molecule has 0 aliphatic rings. The second-order valence-electron chi connectivity index (χ2n) is 11.6. The molecule has 1 heteroatoms. The molecule has 0 saturated heterocycles. The van der Waals surface area contributed by atoms with Crippen molar-refractivity contribution in [3.63, 3.8) is 0 Å². The SMILES string of the molecule is CCC(C)c1ccc(-c2ccc(N(c3ccc(-c4ccc(C)cc4)cc3)c3ccc(-c4ccc(C)cc4)cc3)cc2)cc1. The van der Waals surface area contributed by atoms with E-state index in [-0.39, 0.29) is 0 Å². The summed E-state index contributed by atoms with van der Waals surface area (Å²) in [4.78, 5) is 2.34. The first kappa shape index (κ1) is 28.2. The van der Waals surface area contributed by atoms with Crippen LogP contribution >= 0.6 is 0 Å². The smallest absolute Gasteiger partial charge is 0.0462 e. The van der Waals surface area contributed by atoms with E-state index in [1.807, 2.05) is 0 Å². The van der Waals surface area contributed by atoms with E-state index in [0.29, 0.717) is 5.92 Å². The van der Waals surface area contributed by atoms with Gasteiger partial charge < -0.3 is 4.90 Å². The molecule has 6 aromatic carbocycles. The highest BCUT2D eigenvalue weighted by Gasteiger charge is 2.14. The molecule has 0 heterocycles. The Morgan fingerprint density at radius 1 is 0.395 bits per heavy atom. The largest absolute Gasteiger partial charge is 0.311 e. The molecule has 1 atom stereocenters. The van der Waals surface area contributed by atoms with E-state index in [1.165, 1.54) is 50.1 Å². The summed E-state index contributed by atoms with van der Waals surface area (Å²) in [5, 5.41) is 0. The van der Waals surface area contributed by atoms with Crippen LogP contribution in [-0.2, 0) is 0 Å². The highest BCUT2D eigenvalue weighted by Crippen LogP contribution is 2.38. The van der Waals surface area contributed by atoms with Crippen LogP contribution < -0.4 is 4.90 Å². The number of hydrogen-bond donors (Lipinski definition) is 0. The fourth-order valence-electron chi connectivity index (χ4n) is 5.59. The minimum absolute atomic E-state index is 0.583. The van der Waals surface area contributed by atoms with Crippen molar-refractivity contribution in [2.45, 2.75) is 40.0 Å². The van der Waals surface area contributed by atoms with Gasteiger partial charge in [0.15, 0.2) is 0 Å². The van der Waals surface area contributed by atoms with Gasteiger partial charge in [-0.25, -0.2) is 0 Å². The molecule has 0 radical (unpaired) electrons. The van der Waals surface area contributed by atoms with Crippen molar-refractivity contribution in [3.05, 3.63) is 162 Å². The van der Waals surface area contributed by atoms with E-state index < -0.39 is 0 Å². The molecule has 0 fully saturated rings. The van der Waals surface area contributed by atoms with Gasteiger partial charge in [0, 0.05) is 17.1 Å². The Morgan fingerprint density at radius 2 is 0.651 bits per heavy atom. The van der Waals surface area contributed by atoms with Gasteiger partial charge >= 0.3 is 0 Å². The summed E-state index contributed by atoms with van der Waals surface area (Å²) in [6.45, 7) is 8.79. The molecule has 43 heavy (non-hydrogen) atoms. The summed E-state index contributed by atoms with van der Waals surface area (Å²) in [5.74, 6) is 0.583. The zero-order chi connectivity index (χ0) is 29.8. The quantitative estimate of drug-likeness (QED) is 0.180. The molecule has 0 bridgehead atoms. The third-order valence-electron chi connectivity index (χ3n) is 8.57. The molecule has 0 aromatic heterocycles. The Balaban J connectivity index is 1.34. The van der Waals surface area contributed by atoms with Crippen LogP contribution in [0.25, 0.3) is 33.4 Å². The summed E-state index contributed by atoms with van der Waals surface area (Å²) in [7, 11) is 0. The number of aryl methyl sites for hydroxylation is 2. The maximum atomic E-state index is 2.34. The predicted molar refractivity (Wildman–Crippen MR) is 186 cm³/mol. The third-order valence-corrected chi connectivity index (χ3v) is 8.57. The van der Waals surface area contributed by atoms with Gasteiger partial charge in [0.05, 0.1) is 0 Å². The van der Waals surface area contributed by atoms with Crippen LogP contribution in [0.1, 0.15) is 42.9 Å². The van der Waals surface area contributed by atoms with Crippen molar-refractivity contribution in [2.24, 2.45) is 0 Å². The molecule has 1 unspecified atom stereocenters. The molecule has 6 aromatic rings. The summed E-state index contributed by atoms with van der Waals surface area (Å²) in [5.41, 5.74) is 14.7. The highest BCUT2D eigenvalue weighted by molar-refractivity contribution is 5.81. The first-order valence-corrected chi connectivity index (χ1v) is 15.3. The molecule has 212 valence electrons. The maximum absolute atomic E-state index is 2.34. The third kappa shape index (κ3) is 6.32. The number of anilines is 3. The van der Waals surface area contributed by atoms with Crippen LogP contribution in [0.2, 0.25) is 0 Å². The van der Waals surface area contributed by atoms with Crippen LogP contribution in [-0.4, -0.2) is 0 Å². The van der Waals surface area contributed by atoms with Crippen molar-refractivity contribution >= 4 is 17.1 Å². The molecular weight excluding hydrogens is 518 g/mol. The van der Waals surface area contributed by atoms with E-state index in [1.54, 1.807) is 0 Å². The van der Waals surface area contributed by atoms with Crippen molar-refractivity contribution in [2.75, 3.05) is 4.90 Å². The molecule has 0 aliphatic carbocycles. The van der Waals surface area contributed by atoms with Gasteiger partial charge in [-0.2, -0.15) is 0 Å². The normalized spacial score (nSPS) is 11.7. The van der Waals surface area contributed by atoms with Crippen molar-refractivity contribution in [1.82, 2.24) is 0 Å². The zero-order valence-corrected chi connectivity index (χ0v) is 25.6. The zero-order valence-electron chi connectivity index (χ0n) is 25.6. The number of hydrogen-bond acceptors (Lipinski definition) is 1. The average molecular weight is 558 g/mol. The standard InChI is InChI=1S/C42H39N/c1-5-32(4)33-14-16-36(17-15-33)39-22-28-42(29-23-39)43(40-24-18-37(19-25-40)34-10-6-30(2)7-11-34)41-26-20-38(21-27-41)35-12-8-31(3)9-13-35/h6-29,32H,5H2,1-4H3. The summed E-state index contributed by atoms with van der Waals surface area (Å²) < 4.78 is 0. The Kier molecular flexibility index (Phi) is 8.24. The van der Waals surface area contributed by atoms with Crippen LogP contribution in [0.5, 0.6) is 0 Å². The van der Waals surface area contributed by atoms with E-state index in [9.17, 15) is 0 Å². The lowest BCUT2D eigenvalue weighted by molar-refractivity contribution is 0.734. The molecule has 0 N–H and O–H groups in total. The first-order chi connectivity index (χ1) is 21.0. The minimum Gasteiger partial charge on any atom is -0.311 e. The van der Waals surface area contributed by atoms with Gasteiger partial charge in [-0.15, -0.1) is 0 Å². The fourth-order valence-corrected chi connectivity index (χ4v) is 5.59. The second kappa shape index (κ2) is 12.5. The number of nitrogens with zero attached hydrogens (tertiary/aromatic N) is 1. The van der Waals surface area contributed by atoms with Crippen LogP contribution in [0.15, 0.2) is 146 Å². The molecule has 6 rings (SSSR count). The monoisotopic (exact) mass is 557 g/mol. The Hall–Kier alpha value is -4.88. The Labute approximate surface area is 257 Å². The lowest BCUT2D eigenvalue weighted by atomic mass is 9.96. The number of benzene rings is 6. The Morgan fingerprint density at radius 3 is 0.930 bits per heavy atom. The van der Waals surface area contributed by atoms with Crippen molar-refractivity contribution in [1.29, 1.82) is 0 Å². The van der Waals surface area contributed by atoms with Crippen LogP contribution in [0, 0.1) is 13.8 Å². The first-order valence-electron chi connectivity index (χ1n) is 15.3. The molecule has 0 saturated carbocycles. The molecule has 0 amide bonds. The topological polar surface area (TPSA) is 3.24 Å². The average Bonchev–Trinajstić information content (AvgIpc) is 3.06. The van der Waals surface area contributed by atoms with Crippen LogP contribution in [0.4, 0.5) is 17.1 Å². The van der Waals surface area contributed by atoms with Gasteiger partial charge in [-0.1, -0.05) is 134 Å². The minimum atomic E-state index is 0.583. The second-order valence-corrected chi connectivity index (χ2v) is 11.6. The lowest BCUT2D eigenvalue weighted by Crippen LogP contribution is -2.09. The molecule has 0 spiro atoms. The Bertz CT molecular complexity index is 1670. The van der Waals surface area contributed by atoms with E-state index in [2.05, 4.69) is 178 Å². The highest BCUT2D eigenvalue weighted by atomic mass is 15.1. The van der Waals surface area contributed by atoms with Gasteiger partial charge in [-0.05, 0) is 102 Å². The molecular formula is C42H39N. The summed E-state index contributed by atoms with van der Waals surface area (Å²) in [6, 6.07) is 53.3. The molecule has 1 nitrogen and oxygen atoms in total. The summed E-state index contributed by atoms with van der Waals surface area (Å²) >= 11 is 0. The maximum Gasteiger partial charge on any atom is 0.0462 e. The van der Waals surface area contributed by atoms with E-state index >= 15 is 0 Å². The van der Waals surface area contributed by atoms with Gasteiger partial charge in [0.25, 0.3) is 0 Å². The van der Waals surface area contributed by atoms with Gasteiger partial charge in [0.2, 0.25) is 0 Å². The van der Waals surface area contributed by atoms with E-state index in [4.69, 9.17) is 0 Å². The lowest BCUT2D eigenvalue weighted by Gasteiger charge is -2.26. The molecule has 0 aliphatic heterocycles. The van der Waals surface area contributed by atoms with Crippen LogP contribution in [0.3, 0.4) is 0 Å². The predicted octanol–water partition coefficient (Wildman–Crippen LogP) is 12.3. The van der Waals surface area contributed by atoms with Gasteiger partial charge in [0.1, 0.15) is 0 Å². The number of rotatable bonds is 8. The van der Waals surface area contributed by atoms with Crippen molar-refractivity contribution in [3.8, 4) is 33.4 Å². The van der Waals surface area contributed by atoms with E-state index in [0.717, 1.165) is 23.5 Å². The summed E-state index contributed by atoms with van der Waals surface area (Å²) in [6.07, 6.45) is 1.15. The van der Waals surface area contributed by atoms with Crippen molar-refractivity contribution < 1.29 is 0 Å². The fraction of sp³-hybridized carbons (Fsp3) is 0.143. The van der Waals surface area contributed by atoms with Gasteiger partial charge in [-0.3, -0.25) is 0 Å².